The molecule has 27 heavy (non-hydrogen) atoms. The maximum Gasteiger partial charge on any atom is 0.228 e. The summed E-state index contributed by atoms with van der Waals surface area (Å²) in [4.78, 5) is 12.6. The highest BCUT2D eigenvalue weighted by Crippen LogP contribution is 2.17. The van der Waals surface area contributed by atoms with Crippen molar-refractivity contribution in [2.75, 3.05) is 0 Å². The molecule has 6 heteroatoms. The number of aromatic nitrogens is 3. The van der Waals surface area contributed by atoms with Crippen molar-refractivity contribution in [3.63, 3.8) is 0 Å². The highest BCUT2D eigenvalue weighted by Gasteiger charge is 2.16. The number of H-pyrrole nitrogens is 1. The van der Waals surface area contributed by atoms with Crippen LogP contribution in [0.5, 0.6) is 0 Å². The maximum absolute atomic E-state index is 12.6. The summed E-state index contributed by atoms with van der Waals surface area (Å²) < 4.78 is 2.39. The van der Waals surface area contributed by atoms with Gasteiger partial charge in [-0.25, -0.2) is 0 Å². The summed E-state index contributed by atoms with van der Waals surface area (Å²) in [6.07, 6.45) is 1.01. The van der Waals surface area contributed by atoms with E-state index in [0.717, 1.165) is 17.5 Å². The van der Waals surface area contributed by atoms with Gasteiger partial charge >= 0.3 is 0 Å². The summed E-state index contributed by atoms with van der Waals surface area (Å²) in [6, 6.07) is 18.3. The molecule has 0 fully saturated rings. The van der Waals surface area contributed by atoms with E-state index < -0.39 is 0 Å². The van der Waals surface area contributed by atoms with Crippen LogP contribution < -0.4 is 5.32 Å². The van der Waals surface area contributed by atoms with E-state index in [2.05, 4.69) is 53.6 Å². The first-order valence-electron chi connectivity index (χ1n) is 9.10. The Morgan fingerprint density at radius 3 is 2.56 bits per heavy atom. The van der Waals surface area contributed by atoms with Gasteiger partial charge in [0.25, 0.3) is 0 Å². The van der Waals surface area contributed by atoms with Crippen LogP contribution in [0.1, 0.15) is 41.9 Å². The predicted molar refractivity (Wildman–Crippen MR) is 109 cm³/mol. The van der Waals surface area contributed by atoms with Gasteiger partial charge in [-0.3, -0.25) is 14.5 Å². The number of aromatic amines is 1. The number of aryl methyl sites for hydroxylation is 1. The summed E-state index contributed by atoms with van der Waals surface area (Å²) in [5, 5.41) is 10.2. The molecule has 1 unspecified atom stereocenters. The van der Waals surface area contributed by atoms with Crippen LogP contribution in [0.15, 0.2) is 54.6 Å². The number of rotatable bonds is 7. The lowest BCUT2D eigenvalue weighted by Gasteiger charge is -2.18. The average Bonchev–Trinajstić information content (AvgIpc) is 3.01. The monoisotopic (exact) mass is 380 g/mol. The first-order valence-corrected chi connectivity index (χ1v) is 9.51. The van der Waals surface area contributed by atoms with Crippen molar-refractivity contribution < 1.29 is 4.79 Å². The zero-order valence-corrected chi connectivity index (χ0v) is 16.4. The summed E-state index contributed by atoms with van der Waals surface area (Å²) >= 11 is 5.34. The number of hydrogen-bond donors (Lipinski definition) is 2. The van der Waals surface area contributed by atoms with Crippen molar-refractivity contribution in [1.29, 1.82) is 0 Å². The molecule has 3 aromatic rings. The van der Waals surface area contributed by atoms with Crippen LogP contribution in [0.4, 0.5) is 0 Å². The van der Waals surface area contributed by atoms with Gasteiger partial charge in [0.05, 0.1) is 19.0 Å². The zero-order valence-electron chi connectivity index (χ0n) is 15.6. The van der Waals surface area contributed by atoms with Crippen LogP contribution in [-0.4, -0.2) is 20.7 Å². The minimum Gasteiger partial charge on any atom is -0.349 e. The highest BCUT2D eigenvalue weighted by atomic mass is 32.1. The number of hydrogen-bond acceptors (Lipinski definition) is 3. The summed E-state index contributed by atoms with van der Waals surface area (Å²) in [5.74, 6) is 0.575. The molecule has 0 saturated heterocycles. The standard InChI is InChI=1S/C21H24N4OS/c1-3-18(17-11-9-15(2)10-12-17)22-20(26)13-19-23-24-21(27)25(19)14-16-7-5-4-6-8-16/h4-12,18H,3,13-14H2,1-2H3,(H,22,26)(H,24,27). The van der Waals surface area contributed by atoms with Crippen LogP contribution in [-0.2, 0) is 17.8 Å². The molecule has 3 rings (SSSR count). The van der Waals surface area contributed by atoms with Crippen LogP contribution in [0.2, 0.25) is 0 Å². The van der Waals surface area contributed by atoms with Crippen molar-refractivity contribution >= 4 is 18.1 Å². The number of nitrogens with one attached hydrogen (secondary N) is 2. The van der Waals surface area contributed by atoms with Gasteiger partial charge in [0.15, 0.2) is 4.77 Å². The summed E-state index contributed by atoms with van der Waals surface area (Å²) in [6.45, 7) is 4.71. The number of amides is 1. The van der Waals surface area contributed by atoms with Gasteiger partial charge in [0, 0.05) is 0 Å². The summed E-state index contributed by atoms with van der Waals surface area (Å²) in [5.41, 5.74) is 3.43. The van der Waals surface area contributed by atoms with Crippen molar-refractivity contribution in [1.82, 2.24) is 20.1 Å². The quantitative estimate of drug-likeness (QED) is 0.607. The van der Waals surface area contributed by atoms with E-state index in [1.54, 1.807) is 0 Å². The van der Waals surface area contributed by atoms with E-state index in [4.69, 9.17) is 12.2 Å². The topological polar surface area (TPSA) is 62.7 Å². The second-order valence-electron chi connectivity index (χ2n) is 6.63. The Balaban J connectivity index is 1.70. The largest absolute Gasteiger partial charge is 0.349 e. The molecule has 0 spiro atoms. The lowest BCUT2D eigenvalue weighted by atomic mass is 10.0. The average molecular weight is 381 g/mol. The van der Waals surface area contributed by atoms with E-state index in [0.29, 0.717) is 17.1 Å². The Kier molecular flexibility index (Phi) is 6.19. The molecule has 1 amide bonds. The highest BCUT2D eigenvalue weighted by molar-refractivity contribution is 7.71. The lowest BCUT2D eigenvalue weighted by molar-refractivity contribution is -0.121. The van der Waals surface area contributed by atoms with E-state index in [1.807, 2.05) is 34.9 Å². The Labute approximate surface area is 164 Å². The van der Waals surface area contributed by atoms with Crippen molar-refractivity contribution in [3.8, 4) is 0 Å². The third-order valence-corrected chi connectivity index (χ3v) is 4.87. The number of benzene rings is 2. The van der Waals surface area contributed by atoms with Crippen molar-refractivity contribution in [3.05, 3.63) is 81.9 Å². The molecular weight excluding hydrogens is 356 g/mol. The number of carbonyl (C=O) groups excluding carboxylic acids is 1. The predicted octanol–water partition coefficient (Wildman–Crippen LogP) is 4.11. The zero-order chi connectivity index (χ0) is 19.2. The molecule has 140 valence electrons. The first-order chi connectivity index (χ1) is 13.1. The van der Waals surface area contributed by atoms with Crippen LogP contribution in [0.25, 0.3) is 0 Å². The smallest absolute Gasteiger partial charge is 0.228 e. The van der Waals surface area contributed by atoms with Gasteiger partial charge in [-0.05, 0) is 36.7 Å². The minimum absolute atomic E-state index is 0.0115. The van der Waals surface area contributed by atoms with Gasteiger partial charge in [0.1, 0.15) is 5.82 Å². The fourth-order valence-electron chi connectivity index (χ4n) is 3.02. The molecule has 0 radical (unpaired) electrons. The molecular formula is C21H24N4OS. The lowest BCUT2D eigenvalue weighted by Crippen LogP contribution is -2.30. The third-order valence-electron chi connectivity index (χ3n) is 4.56. The summed E-state index contributed by atoms with van der Waals surface area (Å²) in [7, 11) is 0. The molecule has 5 nitrogen and oxygen atoms in total. The SMILES string of the molecule is CCC(NC(=O)Cc1n[nH]c(=S)n1Cc1ccccc1)c1ccc(C)cc1. The third kappa shape index (κ3) is 4.92. The van der Waals surface area contributed by atoms with Crippen LogP contribution in [0, 0.1) is 11.7 Å². The Hall–Kier alpha value is -2.73. The Morgan fingerprint density at radius 2 is 1.89 bits per heavy atom. The Bertz CT molecular complexity index is 944. The molecule has 1 atom stereocenters. The van der Waals surface area contributed by atoms with Gasteiger partial charge in [-0.15, -0.1) is 0 Å². The second kappa shape index (κ2) is 8.77. The van der Waals surface area contributed by atoms with Gasteiger partial charge in [-0.2, -0.15) is 5.10 Å². The van der Waals surface area contributed by atoms with Gasteiger partial charge < -0.3 is 5.32 Å². The van der Waals surface area contributed by atoms with E-state index in [-0.39, 0.29) is 18.4 Å². The van der Waals surface area contributed by atoms with Crippen LogP contribution in [0.3, 0.4) is 0 Å². The molecule has 1 heterocycles. The second-order valence-corrected chi connectivity index (χ2v) is 7.02. The number of nitrogens with zero attached hydrogens (tertiary/aromatic N) is 2. The fourth-order valence-corrected chi connectivity index (χ4v) is 3.24. The molecule has 2 aromatic carbocycles. The minimum atomic E-state index is -0.0641. The normalized spacial score (nSPS) is 11.9. The molecule has 0 saturated carbocycles. The fraction of sp³-hybridized carbons (Fsp3) is 0.286. The first kappa shape index (κ1) is 19.0. The molecule has 0 aliphatic rings. The Morgan fingerprint density at radius 1 is 1.19 bits per heavy atom. The molecule has 0 bridgehead atoms. The number of carbonyl (C=O) groups is 1. The maximum atomic E-state index is 12.6. The van der Waals surface area contributed by atoms with Gasteiger partial charge in [0.2, 0.25) is 5.91 Å². The van der Waals surface area contributed by atoms with Crippen molar-refractivity contribution in [2.24, 2.45) is 0 Å². The van der Waals surface area contributed by atoms with Gasteiger partial charge in [-0.1, -0.05) is 67.1 Å². The molecule has 0 aliphatic carbocycles. The van der Waals surface area contributed by atoms with E-state index in [1.165, 1.54) is 5.56 Å². The van der Waals surface area contributed by atoms with E-state index >= 15 is 0 Å². The molecule has 2 N–H and O–H groups in total. The molecule has 1 aromatic heterocycles. The van der Waals surface area contributed by atoms with Crippen molar-refractivity contribution in [2.45, 2.75) is 39.3 Å². The van der Waals surface area contributed by atoms with Crippen LogP contribution >= 0.6 is 12.2 Å². The molecule has 0 aliphatic heterocycles. The van der Waals surface area contributed by atoms with E-state index in [9.17, 15) is 4.79 Å².